The molecule has 1 N–H and O–H groups in total. The van der Waals surface area contributed by atoms with Gasteiger partial charge in [-0.1, -0.05) is 24.3 Å². The number of benzene rings is 1. The predicted molar refractivity (Wildman–Crippen MR) is 105 cm³/mol. The molecule has 1 aromatic heterocycles. The van der Waals surface area contributed by atoms with Gasteiger partial charge in [0.2, 0.25) is 5.92 Å². The number of aromatic nitrogens is 1. The summed E-state index contributed by atoms with van der Waals surface area (Å²) in [5.74, 6) is -3.91. The van der Waals surface area contributed by atoms with Crippen molar-refractivity contribution < 1.29 is 23.2 Å². The van der Waals surface area contributed by atoms with Crippen LogP contribution in [0.4, 0.5) is 13.6 Å². The molecule has 0 atom stereocenters. The molecule has 1 aliphatic carbocycles. The van der Waals surface area contributed by atoms with E-state index in [0.717, 1.165) is 16.0 Å². The maximum absolute atomic E-state index is 13.5. The molecule has 4 rings (SSSR count). The predicted octanol–water partition coefficient (Wildman–Crippen LogP) is 3.30. The highest BCUT2D eigenvalue weighted by Gasteiger charge is 2.55. The fourth-order valence-corrected chi connectivity index (χ4v) is 3.96. The number of amides is 3. The first-order chi connectivity index (χ1) is 14.7. The topological polar surface area (TPSA) is 103 Å². The van der Waals surface area contributed by atoms with E-state index in [4.69, 9.17) is 5.26 Å². The Morgan fingerprint density at radius 2 is 1.77 bits per heavy atom. The normalized spacial score (nSPS) is 19.2. The number of hydrogen-bond donors (Lipinski definition) is 1. The third-order valence-electron chi connectivity index (χ3n) is 5.80. The smallest absolute Gasteiger partial charge is 0.323 e. The number of ketones is 1. The zero-order valence-electron chi connectivity index (χ0n) is 16.4. The van der Waals surface area contributed by atoms with E-state index in [1.54, 1.807) is 36.4 Å². The van der Waals surface area contributed by atoms with Crippen molar-refractivity contribution in [1.82, 2.24) is 15.2 Å². The van der Waals surface area contributed by atoms with Crippen LogP contribution in [0.25, 0.3) is 11.1 Å². The highest BCUT2D eigenvalue weighted by atomic mass is 19.3. The van der Waals surface area contributed by atoms with Gasteiger partial charge in [-0.05, 0) is 36.1 Å². The van der Waals surface area contributed by atoms with E-state index >= 15 is 0 Å². The number of hydrogen-bond acceptors (Lipinski definition) is 5. The van der Waals surface area contributed by atoms with Crippen molar-refractivity contribution in [2.75, 3.05) is 6.54 Å². The molecule has 2 heterocycles. The van der Waals surface area contributed by atoms with E-state index in [2.05, 4.69) is 10.3 Å². The molecule has 0 radical (unpaired) electrons. The Morgan fingerprint density at radius 3 is 2.42 bits per heavy atom. The van der Waals surface area contributed by atoms with Crippen LogP contribution in [-0.4, -0.2) is 45.6 Å². The number of halogens is 2. The van der Waals surface area contributed by atoms with Crippen LogP contribution < -0.4 is 5.32 Å². The van der Waals surface area contributed by atoms with Crippen molar-refractivity contribution in [2.45, 2.75) is 37.1 Å². The number of nitrogens with zero attached hydrogens (tertiary/aromatic N) is 3. The van der Waals surface area contributed by atoms with Crippen LogP contribution in [0, 0.1) is 11.3 Å². The molecule has 1 spiro atoms. The van der Waals surface area contributed by atoms with Gasteiger partial charge in [0.15, 0.2) is 5.78 Å². The Bertz CT molecular complexity index is 1100. The average molecular weight is 424 g/mol. The van der Waals surface area contributed by atoms with Crippen LogP contribution >= 0.6 is 0 Å². The van der Waals surface area contributed by atoms with E-state index < -0.39 is 48.6 Å². The van der Waals surface area contributed by atoms with Crippen LogP contribution in [0.15, 0.2) is 42.6 Å². The van der Waals surface area contributed by atoms with Gasteiger partial charge >= 0.3 is 6.03 Å². The Hall–Kier alpha value is -3.67. The molecule has 1 aliphatic heterocycles. The van der Waals surface area contributed by atoms with Crippen LogP contribution in [0.3, 0.4) is 0 Å². The molecule has 2 aromatic rings. The van der Waals surface area contributed by atoms with Gasteiger partial charge in [0.1, 0.15) is 17.3 Å². The van der Waals surface area contributed by atoms with Crippen molar-refractivity contribution in [3.05, 3.63) is 53.9 Å². The highest BCUT2D eigenvalue weighted by Crippen LogP contribution is 2.41. The number of nitrogens with one attached hydrogen (secondary N) is 1. The number of carbonyl (C=O) groups is 3. The number of imide groups is 1. The van der Waals surface area contributed by atoms with Crippen LogP contribution in [0.2, 0.25) is 0 Å². The molecule has 0 unspecified atom stereocenters. The van der Waals surface area contributed by atoms with Crippen molar-refractivity contribution >= 4 is 17.7 Å². The van der Waals surface area contributed by atoms with Gasteiger partial charge in [0.05, 0.1) is 6.54 Å². The number of alkyl halides is 2. The Morgan fingerprint density at radius 1 is 1.10 bits per heavy atom. The summed E-state index contributed by atoms with van der Waals surface area (Å²) in [6, 6.07) is 11.1. The third kappa shape index (κ3) is 3.89. The summed E-state index contributed by atoms with van der Waals surface area (Å²) in [7, 11) is 0. The van der Waals surface area contributed by atoms with E-state index in [-0.39, 0.29) is 18.5 Å². The van der Waals surface area contributed by atoms with Crippen molar-refractivity contribution in [2.24, 2.45) is 0 Å². The second-order valence-electron chi connectivity index (χ2n) is 7.80. The molecule has 2 aliphatic rings. The van der Waals surface area contributed by atoms with Gasteiger partial charge in [0, 0.05) is 24.6 Å². The summed E-state index contributed by atoms with van der Waals surface area (Å²) in [5.41, 5.74) is 0.756. The molecule has 31 heavy (non-hydrogen) atoms. The van der Waals surface area contributed by atoms with Crippen molar-refractivity contribution in [3.63, 3.8) is 0 Å². The lowest BCUT2D eigenvalue weighted by Gasteiger charge is -2.34. The van der Waals surface area contributed by atoms with Gasteiger partial charge in [-0.2, -0.15) is 5.26 Å². The van der Waals surface area contributed by atoms with Crippen molar-refractivity contribution in [3.8, 4) is 17.2 Å². The first kappa shape index (κ1) is 20.6. The fraction of sp³-hybridized carbons (Fsp3) is 0.318. The molecule has 3 amide bonds. The van der Waals surface area contributed by atoms with E-state index in [1.807, 2.05) is 6.07 Å². The minimum absolute atomic E-state index is 0.152. The third-order valence-corrected chi connectivity index (χ3v) is 5.80. The highest BCUT2D eigenvalue weighted by molar-refractivity contribution is 6.11. The first-order valence-corrected chi connectivity index (χ1v) is 9.75. The fourth-order valence-electron chi connectivity index (χ4n) is 3.96. The minimum Gasteiger partial charge on any atom is -0.323 e. The molecule has 158 valence electrons. The molecule has 1 aromatic carbocycles. The van der Waals surface area contributed by atoms with Crippen molar-refractivity contribution in [1.29, 1.82) is 5.26 Å². The molecular formula is C22H18F2N4O3. The summed E-state index contributed by atoms with van der Waals surface area (Å²) in [6.45, 7) is -0.462. The van der Waals surface area contributed by atoms with Gasteiger partial charge in [-0.3, -0.25) is 14.5 Å². The van der Waals surface area contributed by atoms with E-state index in [1.165, 1.54) is 6.20 Å². The number of nitriles is 1. The Balaban J connectivity index is 1.46. The van der Waals surface area contributed by atoms with E-state index in [0.29, 0.717) is 5.56 Å². The maximum atomic E-state index is 13.5. The lowest BCUT2D eigenvalue weighted by molar-refractivity contribution is -0.135. The molecule has 7 nitrogen and oxygen atoms in total. The molecule has 9 heteroatoms. The SMILES string of the molecule is N#Cc1cc(-c2ccc(C(=O)CN3C(=O)NC4(CCC(F)(F)CC4)C3=O)cc2)ccn1. The molecule has 2 fully saturated rings. The second-order valence-corrected chi connectivity index (χ2v) is 7.80. The quantitative estimate of drug-likeness (QED) is 0.599. The second kappa shape index (κ2) is 7.54. The van der Waals surface area contributed by atoms with Gasteiger partial charge in [-0.25, -0.2) is 18.6 Å². The first-order valence-electron chi connectivity index (χ1n) is 9.75. The average Bonchev–Trinajstić information content (AvgIpc) is 3.00. The van der Waals surface area contributed by atoms with Crippen LogP contribution in [0.1, 0.15) is 41.7 Å². The monoisotopic (exact) mass is 424 g/mol. The molecule has 1 saturated heterocycles. The van der Waals surface area contributed by atoms with Crippen LogP contribution in [0.5, 0.6) is 0 Å². The summed E-state index contributed by atoms with van der Waals surface area (Å²) in [5, 5.41) is 11.5. The van der Waals surface area contributed by atoms with Crippen LogP contribution in [-0.2, 0) is 4.79 Å². The lowest BCUT2D eigenvalue weighted by Crippen LogP contribution is -2.51. The van der Waals surface area contributed by atoms with Gasteiger partial charge < -0.3 is 5.32 Å². The molecule has 1 saturated carbocycles. The summed E-state index contributed by atoms with van der Waals surface area (Å²) < 4.78 is 27.0. The standard InChI is InChI=1S/C22H18F2N4O3/c23-22(24)8-6-21(7-9-22)19(30)28(20(31)27-21)13-18(29)15-3-1-14(2-4-15)16-5-10-26-17(11-16)12-25/h1-5,10-11H,6-9,13H2,(H,27,31). The number of urea groups is 1. The number of rotatable bonds is 4. The Labute approximate surface area is 176 Å². The zero-order valence-corrected chi connectivity index (χ0v) is 16.4. The molecular weight excluding hydrogens is 406 g/mol. The number of pyridine rings is 1. The molecule has 0 bridgehead atoms. The van der Waals surface area contributed by atoms with Gasteiger partial charge in [0.25, 0.3) is 5.91 Å². The summed E-state index contributed by atoms with van der Waals surface area (Å²) >= 11 is 0. The number of Topliss-reactive ketones (excluding diaryl/α,β-unsaturated/α-hetero) is 1. The Kier molecular flexibility index (Phi) is 5.01. The zero-order chi connectivity index (χ0) is 22.2. The van der Waals surface area contributed by atoms with E-state index in [9.17, 15) is 23.2 Å². The largest absolute Gasteiger partial charge is 0.325 e. The summed E-state index contributed by atoms with van der Waals surface area (Å²) in [6.07, 6.45) is 0.248. The lowest BCUT2D eigenvalue weighted by atomic mass is 9.80. The number of carbonyl (C=O) groups excluding carboxylic acids is 3. The minimum atomic E-state index is -2.84. The van der Waals surface area contributed by atoms with Gasteiger partial charge in [-0.15, -0.1) is 0 Å². The maximum Gasteiger partial charge on any atom is 0.325 e. The summed E-state index contributed by atoms with van der Waals surface area (Å²) in [4.78, 5) is 42.5.